The summed E-state index contributed by atoms with van der Waals surface area (Å²) in [6.07, 6.45) is 4.06. The number of hydrogen-bond acceptors (Lipinski definition) is 3. The summed E-state index contributed by atoms with van der Waals surface area (Å²) in [6, 6.07) is 2.33. The molecule has 0 aromatic carbocycles. The molecule has 1 heterocycles. The van der Waals surface area contributed by atoms with E-state index in [1.54, 1.807) is 7.11 Å². The summed E-state index contributed by atoms with van der Waals surface area (Å²) in [7, 11) is 1.70. The topological polar surface area (TPSA) is 53.3 Å². The second-order valence-corrected chi connectivity index (χ2v) is 5.99. The number of likely N-dealkylation sites (tertiary alicyclic amines) is 1. The van der Waals surface area contributed by atoms with E-state index in [-0.39, 0.29) is 12.0 Å². The maximum absolute atomic E-state index is 12.8. The lowest BCUT2D eigenvalue weighted by atomic mass is 9.78. The second kappa shape index (κ2) is 7.64. The molecule has 0 bridgehead atoms. The first-order chi connectivity index (χ1) is 9.54. The van der Waals surface area contributed by atoms with Crippen molar-refractivity contribution in [1.29, 1.82) is 5.26 Å². The Balaban J connectivity index is 2.87. The summed E-state index contributed by atoms with van der Waals surface area (Å²) in [4.78, 5) is 14.7. The number of piperidine rings is 1. The van der Waals surface area contributed by atoms with E-state index in [0.29, 0.717) is 25.3 Å². The Morgan fingerprint density at radius 1 is 1.40 bits per heavy atom. The average Bonchev–Trinajstić information content (AvgIpc) is 2.46. The molecule has 1 saturated heterocycles. The van der Waals surface area contributed by atoms with Crippen LogP contribution in [0.5, 0.6) is 0 Å². The molecule has 0 radical (unpaired) electrons. The Labute approximate surface area is 123 Å². The summed E-state index contributed by atoms with van der Waals surface area (Å²) >= 11 is 0. The van der Waals surface area contributed by atoms with E-state index in [4.69, 9.17) is 4.74 Å². The number of ether oxygens (including phenoxy) is 1. The predicted molar refractivity (Wildman–Crippen MR) is 79.0 cm³/mol. The molecule has 0 aromatic heterocycles. The molecule has 0 N–H and O–H groups in total. The molecule has 1 fully saturated rings. The molecule has 0 spiro atoms. The molecule has 20 heavy (non-hydrogen) atoms. The van der Waals surface area contributed by atoms with Gasteiger partial charge in [-0.25, -0.2) is 0 Å². The van der Waals surface area contributed by atoms with Crippen LogP contribution in [0, 0.1) is 22.7 Å². The minimum absolute atomic E-state index is 0.0117. The number of nitrogens with zero attached hydrogens (tertiary/aromatic N) is 2. The predicted octanol–water partition coefficient (Wildman–Crippen LogP) is 2.98. The van der Waals surface area contributed by atoms with Crippen molar-refractivity contribution < 1.29 is 9.53 Å². The van der Waals surface area contributed by atoms with Crippen molar-refractivity contribution in [3.05, 3.63) is 0 Å². The normalized spacial score (nSPS) is 23.4. The Kier molecular flexibility index (Phi) is 6.48. The van der Waals surface area contributed by atoms with E-state index >= 15 is 0 Å². The highest BCUT2D eigenvalue weighted by molar-refractivity contribution is 5.85. The molecule has 4 heteroatoms. The third-order valence-corrected chi connectivity index (χ3v) is 4.46. The van der Waals surface area contributed by atoms with Gasteiger partial charge in [0.15, 0.2) is 0 Å². The Morgan fingerprint density at radius 2 is 2.00 bits per heavy atom. The van der Waals surface area contributed by atoms with Crippen LogP contribution in [0.1, 0.15) is 52.9 Å². The van der Waals surface area contributed by atoms with Gasteiger partial charge in [0.05, 0.1) is 12.2 Å². The minimum atomic E-state index is -0.831. The third-order valence-electron chi connectivity index (χ3n) is 4.46. The van der Waals surface area contributed by atoms with Crippen molar-refractivity contribution >= 4 is 5.91 Å². The van der Waals surface area contributed by atoms with Crippen LogP contribution in [0.25, 0.3) is 0 Å². The van der Waals surface area contributed by atoms with Gasteiger partial charge >= 0.3 is 0 Å². The van der Waals surface area contributed by atoms with Gasteiger partial charge in [-0.2, -0.15) is 5.26 Å². The largest absolute Gasteiger partial charge is 0.379 e. The highest BCUT2D eigenvalue weighted by Crippen LogP contribution is 2.33. The zero-order chi connectivity index (χ0) is 15.2. The van der Waals surface area contributed by atoms with Gasteiger partial charge < -0.3 is 9.64 Å². The maximum atomic E-state index is 12.8. The van der Waals surface area contributed by atoms with E-state index in [9.17, 15) is 10.1 Å². The van der Waals surface area contributed by atoms with Gasteiger partial charge in [0.25, 0.3) is 0 Å². The van der Waals surface area contributed by atoms with Gasteiger partial charge in [0, 0.05) is 20.2 Å². The fraction of sp³-hybridized carbons (Fsp3) is 0.875. The van der Waals surface area contributed by atoms with Crippen LogP contribution in [0.15, 0.2) is 0 Å². The molecular weight excluding hydrogens is 252 g/mol. The summed E-state index contributed by atoms with van der Waals surface area (Å²) in [5.41, 5.74) is -0.831. The number of hydrogen-bond donors (Lipinski definition) is 0. The first-order valence-electron chi connectivity index (χ1n) is 7.78. The standard InChI is InChI=1S/C16H28N2O2/c1-5-8-16(12-17,9-6-2)15(19)18-10-7-13(3)14(11-18)20-4/h13-14H,5-11H2,1-4H3. The Morgan fingerprint density at radius 3 is 2.45 bits per heavy atom. The average molecular weight is 280 g/mol. The molecular formula is C16H28N2O2. The van der Waals surface area contributed by atoms with E-state index in [0.717, 1.165) is 25.8 Å². The zero-order valence-corrected chi connectivity index (χ0v) is 13.3. The van der Waals surface area contributed by atoms with E-state index < -0.39 is 5.41 Å². The molecule has 2 atom stereocenters. The molecule has 114 valence electrons. The lowest BCUT2D eigenvalue weighted by Crippen LogP contribution is -2.51. The number of rotatable bonds is 6. The second-order valence-electron chi connectivity index (χ2n) is 5.99. The molecule has 2 unspecified atom stereocenters. The van der Waals surface area contributed by atoms with Crippen molar-refractivity contribution in [2.45, 2.75) is 59.0 Å². The SMILES string of the molecule is CCCC(C#N)(CCC)C(=O)N1CCC(C)C(OC)C1. The summed E-state index contributed by atoms with van der Waals surface area (Å²) < 4.78 is 5.47. The first-order valence-corrected chi connectivity index (χ1v) is 7.78. The van der Waals surface area contributed by atoms with E-state index in [1.807, 2.05) is 18.7 Å². The first kappa shape index (κ1) is 17.0. The number of amides is 1. The van der Waals surface area contributed by atoms with Crippen molar-refractivity contribution in [2.24, 2.45) is 11.3 Å². The fourth-order valence-corrected chi connectivity index (χ4v) is 3.18. The van der Waals surface area contributed by atoms with Crippen LogP contribution in [0.3, 0.4) is 0 Å². The smallest absolute Gasteiger partial charge is 0.243 e. The Hall–Kier alpha value is -1.08. The molecule has 0 aliphatic carbocycles. The maximum Gasteiger partial charge on any atom is 0.243 e. The number of carbonyl (C=O) groups is 1. The minimum Gasteiger partial charge on any atom is -0.379 e. The fourth-order valence-electron chi connectivity index (χ4n) is 3.18. The zero-order valence-electron chi connectivity index (χ0n) is 13.3. The van der Waals surface area contributed by atoms with Crippen LogP contribution in [-0.4, -0.2) is 37.1 Å². The van der Waals surface area contributed by atoms with Crippen molar-refractivity contribution in [1.82, 2.24) is 4.90 Å². The van der Waals surface area contributed by atoms with Crippen LogP contribution < -0.4 is 0 Å². The molecule has 4 nitrogen and oxygen atoms in total. The number of carbonyl (C=O) groups excluding carboxylic acids is 1. The number of nitriles is 1. The molecule has 1 rings (SSSR count). The number of methoxy groups -OCH3 is 1. The van der Waals surface area contributed by atoms with Gasteiger partial charge in [-0.15, -0.1) is 0 Å². The highest BCUT2D eigenvalue weighted by atomic mass is 16.5. The van der Waals surface area contributed by atoms with E-state index in [2.05, 4.69) is 13.0 Å². The van der Waals surface area contributed by atoms with Crippen LogP contribution in [-0.2, 0) is 9.53 Å². The molecule has 1 aliphatic heterocycles. The van der Waals surface area contributed by atoms with Crippen LogP contribution in [0.4, 0.5) is 0 Å². The summed E-state index contributed by atoms with van der Waals surface area (Å²) in [5, 5.41) is 9.59. The molecule has 0 saturated carbocycles. The molecule has 1 aliphatic rings. The van der Waals surface area contributed by atoms with Gasteiger partial charge in [-0.3, -0.25) is 4.79 Å². The quantitative estimate of drug-likeness (QED) is 0.751. The van der Waals surface area contributed by atoms with Gasteiger partial charge in [-0.05, 0) is 25.2 Å². The Bertz CT molecular complexity index is 356. The molecule has 0 aromatic rings. The van der Waals surface area contributed by atoms with Crippen molar-refractivity contribution in [3.63, 3.8) is 0 Å². The van der Waals surface area contributed by atoms with Gasteiger partial charge in [-0.1, -0.05) is 33.6 Å². The van der Waals surface area contributed by atoms with E-state index in [1.165, 1.54) is 0 Å². The van der Waals surface area contributed by atoms with Crippen LogP contribution >= 0.6 is 0 Å². The molecule has 1 amide bonds. The summed E-state index contributed by atoms with van der Waals surface area (Å²) in [5.74, 6) is 0.482. The highest BCUT2D eigenvalue weighted by Gasteiger charge is 2.42. The summed E-state index contributed by atoms with van der Waals surface area (Å²) in [6.45, 7) is 7.59. The van der Waals surface area contributed by atoms with Crippen molar-refractivity contribution in [2.75, 3.05) is 20.2 Å². The van der Waals surface area contributed by atoms with Gasteiger partial charge in [0.2, 0.25) is 5.91 Å². The monoisotopic (exact) mass is 280 g/mol. The third kappa shape index (κ3) is 3.52. The van der Waals surface area contributed by atoms with Gasteiger partial charge in [0.1, 0.15) is 5.41 Å². The lowest BCUT2D eigenvalue weighted by molar-refractivity contribution is -0.145. The lowest BCUT2D eigenvalue weighted by Gasteiger charge is -2.40. The van der Waals surface area contributed by atoms with Crippen molar-refractivity contribution in [3.8, 4) is 6.07 Å². The van der Waals surface area contributed by atoms with Crippen LogP contribution in [0.2, 0.25) is 0 Å².